The van der Waals surface area contributed by atoms with Crippen molar-refractivity contribution in [1.29, 1.82) is 0 Å². The highest BCUT2D eigenvalue weighted by Crippen LogP contribution is 2.42. The number of hydrogen-bond acceptors (Lipinski definition) is 7. The second kappa shape index (κ2) is 9.90. The van der Waals surface area contributed by atoms with E-state index in [1.807, 2.05) is 55.5 Å². The van der Waals surface area contributed by atoms with Gasteiger partial charge in [-0.15, -0.1) is 0 Å². The number of fused-ring (bicyclic) bond motifs is 2. The summed E-state index contributed by atoms with van der Waals surface area (Å²) >= 11 is 0. The first-order valence-corrected chi connectivity index (χ1v) is 14.6. The van der Waals surface area contributed by atoms with Crippen LogP contribution < -0.4 is 9.62 Å². The average molecular weight is 567 g/mol. The topological polar surface area (TPSA) is 119 Å². The highest BCUT2D eigenvalue weighted by atomic mass is 32.2. The van der Waals surface area contributed by atoms with Crippen molar-refractivity contribution in [2.24, 2.45) is 0 Å². The minimum atomic E-state index is -3.64. The number of nitrogens with one attached hydrogen (secondary N) is 1. The van der Waals surface area contributed by atoms with Gasteiger partial charge in [0.25, 0.3) is 5.91 Å². The van der Waals surface area contributed by atoms with Gasteiger partial charge in [-0.1, -0.05) is 42.0 Å². The number of aromatic nitrogens is 2. The molecule has 0 aliphatic heterocycles. The number of pyridine rings is 1. The summed E-state index contributed by atoms with van der Waals surface area (Å²) in [5.74, 6) is 0.468. The second-order valence-corrected chi connectivity index (χ2v) is 11.8. The molecule has 1 amide bonds. The number of anilines is 1. The second-order valence-electron chi connectivity index (χ2n) is 9.77. The molecule has 206 valence electrons. The van der Waals surface area contributed by atoms with Gasteiger partial charge in [0.05, 0.1) is 17.5 Å². The SMILES string of the molecule is CNC(=O)c1c(-c2ccc(C)cc2)oc2cc(N(C)S(C)(=O)=O)c(-c3cccc(-c4nc5ncccc5o4)c3)cc12. The number of carbonyl (C=O) groups is 1. The number of amides is 1. The Morgan fingerprint density at radius 1 is 0.902 bits per heavy atom. The predicted octanol–water partition coefficient (Wildman–Crippen LogP) is 6.03. The first-order chi connectivity index (χ1) is 19.6. The Hall–Kier alpha value is -4.96. The molecule has 1 N–H and O–H groups in total. The van der Waals surface area contributed by atoms with Crippen molar-refractivity contribution < 1.29 is 22.0 Å². The van der Waals surface area contributed by atoms with E-state index in [1.54, 1.807) is 37.5 Å². The van der Waals surface area contributed by atoms with Crippen molar-refractivity contribution in [3.63, 3.8) is 0 Å². The molecule has 3 aromatic carbocycles. The summed E-state index contributed by atoms with van der Waals surface area (Å²) in [6.45, 7) is 1.98. The molecule has 41 heavy (non-hydrogen) atoms. The highest BCUT2D eigenvalue weighted by Gasteiger charge is 2.26. The molecule has 6 aromatic rings. The molecular formula is C31H26N4O5S. The van der Waals surface area contributed by atoms with E-state index < -0.39 is 10.0 Å². The van der Waals surface area contributed by atoms with E-state index >= 15 is 0 Å². The molecule has 0 bridgehead atoms. The maximum absolute atomic E-state index is 13.2. The lowest BCUT2D eigenvalue weighted by atomic mass is 9.97. The zero-order valence-corrected chi connectivity index (χ0v) is 23.6. The van der Waals surface area contributed by atoms with Crippen molar-refractivity contribution in [2.45, 2.75) is 6.92 Å². The van der Waals surface area contributed by atoms with E-state index in [4.69, 9.17) is 8.83 Å². The minimum absolute atomic E-state index is 0.317. The Morgan fingerprint density at radius 3 is 2.37 bits per heavy atom. The predicted molar refractivity (Wildman–Crippen MR) is 159 cm³/mol. The van der Waals surface area contributed by atoms with Crippen LogP contribution in [0.4, 0.5) is 5.69 Å². The smallest absolute Gasteiger partial charge is 0.255 e. The lowest BCUT2D eigenvalue weighted by Crippen LogP contribution is -2.25. The number of furan rings is 1. The molecule has 9 nitrogen and oxygen atoms in total. The minimum Gasteiger partial charge on any atom is -0.455 e. The van der Waals surface area contributed by atoms with Gasteiger partial charge in [-0.2, -0.15) is 4.98 Å². The van der Waals surface area contributed by atoms with Gasteiger partial charge in [0.1, 0.15) is 11.3 Å². The van der Waals surface area contributed by atoms with Crippen molar-refractivity contribution in [3.05, 3.63) is 90.1 Å². The number of carbonyl (C=O) groups excluding carboxylic acids is 1. The fourth-order valence-corrected chi connectivity index (χ4v) is 5.28. The molecule has 0 aliphatic carbocycles. The van der Waals surface area contributed by atoms with Crippen LogP contribution >= 0.6 is 0 Å². The summed E-state index contributed by atoms with van der Waals surface area (Å²) in [5.41, 5.74) is 5.97. The van der Waals surface area contributed by atoms with E-state index in [9.17, 15) is 13.2 Å². The standard InChI is InChI=1S/C31H26N4O5S/c1-18-10-12-19(13-11-18)28-27(30(36)32-2)23-16-22(24(17-26(23)39-28)35(3)41(4,37)38)20-7-5-8-21(15-20)31-34-29-25(40-31)9-6-14-33-29/h5-17H,1-4H3,(H,32,36). The molecule has 10 heteroatoms. The molecule has 0 fully saturated rings. The number of rotatable bonds is 6. The van der Waals surface area contributed by atoms with Crippen LogP contribution in [0.1, 0.15) is 15.9 Å². The van der Waals surface area contributed by atoms with Gasteiger partial charge in [-0.3, -0.25) is 9.10 Å². The van der Waals surface area contributed by atoms with Crippen LogP contribution in [0, 0.1) is 6.92 Å². The lowest BCUT2D eigenvalue weighted by molar-refractivity contribution is 0.0964. The third-order valence-electron chi connectivity index (χ3n) is 7.00. The van der Waals surface area contributed by atoms with Gasteiger partial charge in [-0.25, -0.2) is 13.4 Å². The normalized spacial score (nSPS) is 11.7. The Balaban J connectivity index is 1.61. The Bertz CT molecular complexity index is 2030. The van der Waals surface area contributed by atoms with Crippen LogP contribution in [0.2, 0.25) is 0 Å². The summed E-state index contributed by atoms with van der Waals surface area (Å²) in [5, 5.41) is 3.27. The molecule has 0 unspecified atom stereocenters. The van der Waals surface area contributed by atoms with Gasteiger partial charge in [0.2, 0.25) is 15.9 Å². The van der Waals surface area contributed by atoms with Gasteiger partial charge in [0.15, 0.2) is 11.2 Å². The largest absolute Gasteiger partial charge is 0.455 e. The summed E-state index contributed by atoms with van der Waals surface area (Å²) in [4.78, 5) is 21.9. The van der Waals surface area contributed by atoms with E-state index in [0.29, 0.717) is 61.8 Å². The maximum atomic E-state index is 13.2. The lowest BCUT2D eigenvalue weighted by Gasteiger charge is -2.21. The zero-order valence-electron chi connectivity index (χ0n) is 22.8. The van der Waals surface area contributed by atoms with Crippen LogP contribution in [-0.2, 0) is 10.0 Å². The van der Waals surface area contributed by atoms with Gasteiger partial charge in [-0.05, 0) is 42.8 Å². The Morgan fingerprint density at radius 2 is 1.66 bits per heavy atom. The van der Waals surface area contributed by atoms with Crippen molar-refractivity contribution in [1.82, 2.24) is 15.3 Å². The van der Waals surface area contributed by atoms with E-state index in [0.717, 1.165) is 17.4 Å². The van der Waals surface area contributed by atoms with Crippen LogP contribution in [0.3, 0.4) is 0 Å². The van der Waals surface area contributed by atoms with E-state index in [2.05, 4.69) is 15.3 Å². The summed E-state index contributed by atoms with van der Waals surface area (Å²) in [6, 6.07) is 22.1. The third kappa shape index (κ3) is 4.72. The molecule has 0 radical (unpaired) electrons. The van der Waals surface area contributed by atoms with Crippen molar-refractivity contribution in [3.8, 4) is 33.9 Å². The number of sulfonamides is 1. The fraction of sp³-hybridized carbons (Fsp3) is 0.129. The third-order valence-corrected chi connectivity index (χ3v) is 8.19. The molecule has 0 saturated carbocycles. The molecule has 0 aliphatic rings. The number of benzene rings is 3. The zero-order chi connectivity index (χ0) is 28.9. The Labute approximate surface area is 236 Å². The van der Waals surface area contributed by atoms with E-state index in [1.165, 1.54) is 11.4 Å². The molecular weight excluding hydrogens is 540 g/mol. The van der Waals surface area contributed by atoms with Crippen LogP contribution in [0.25, 0.3) is 56.1 Å². The van der Waals surface area contributed by atoms with Crippen LogP contribution in [-0.4, -0.2) is 44.6 Å². The summed E-state index contributed by atoms with van der Waals surface area (Å²) in [6.07, 6.45) is 2.78. The monoisotopic (exact) mass is 566 g/mol. The first-order valence-electron chi connectivity index (χ1n) is 12.8. The molecule has 3 heterocycles. The molecule has 0 atom stereocenters. The molecule has 0 spiro atoms. The summed E-state index contributed by atoms with van der Waals surface area (Å²) in [7, 11) is -0.596. The molecule has 3 aromatic heterocycles. The van der Waals surface area contributed by atoms with Gasteiger partial charge >= 0.3 is 0 Å². The van der Waals surface area contributed by atoms with Crippen molar-refractivity contribution in [2.75, 3.05) is 24.7 Å². The molecule has 6 rings (SSSR count). The van der Waals surface area contributed by atoms with E-state index in [-0.39, 0.29) is 5.91 Å². The highest BCUT2D eigenvalue weighted by molar-refractivity contribution is 7.92. The van der Waals surface area contributed by atoms with Gasteiger partial charge in [0, 0.05) is 48.4 Å². The van der Waals surface area contributed by atoms with Crippen LogP contribution in [0.5, 0.6) is 0 Å². The maximum Gasteiger partial charge on any atom is 0.255 e. The van der Waals surface area contributed by atoms with Crippen LogP contribution in [0.15, 0.2) is 87.8 Å². The summed E-state index contributed by atoms with van der Waals surface area (Å²) < 4.78 is 38.8. The average Bonchev–Trinajstić information content (AvgIpc) is 3.57. The van der Waals surface area contributed by atoms with Crippen molar-refractivity contribution >= 4 is 43.8 Å². The molecule has 0 saturated heterocycles. The number of nitrogens with zero attached hydrogens (tertiary/aromatic N) is 3. The number of oxazole rings is 1. The Kier molecular flexibility index (Phi) is 6.34. The fourth-order valence-electron chi connectivity index (χ4n) is 4.77. The quantitative estimate of drug-likeness (QED) is 0.261. The number of aryl methyl sites for hydroxylation is 1. The van der Waals surface area contributed by atoms with Gasteiger partial charge < -0.3 is 14.2 Å². The number of hydrogen-bond donors (Lipinski definition) is 1. The first kappa shape index (κ1) is 26.3.